The molecule has 0 fully saturated rings. The first kappa shape index (κ1) is 43.2. The van der Waals surface area contributed by atoms with E-state index in [1.54, 1.807) is 0 Å². The number of thiol groups is 1. The third-order valence-electron chi connectivity index (χ3n) is 1.51. The van der Waals surface area contributed by atoms with Crippen LogP contribution in [0.3, 0.4) is 0 Å². The smallest absolute Gasteiger partial charge is 0.696 e. The second-order valence-corrected chi connectivity index (χ2v) is 3.04. The van der Waals surface area contributed by atoms with Gasteiger partial charge in [0.2, 0.25) is 0 Å². The third kappa shape index (κ3) is 28.4. The Balaban J connectivity index is -0.0000000364. The molecule has 1 radical (unpaired) electrons. The van der Waals surface area contributed by atoms with Gasteiger partial charge in [0.25, 0.3) is 0 Å². The van der Waals surface area contributed by atoms with Gasteiger partial charge in [-0.1, -0.05) is 47.7 Å². The molecule has 1 aromatic heterocycles. The molecule has 0 aliphatic carbocycles. The van der Waals surface area contributed by atoms with Crippen molar-refractivity contribution in [2.45, 2.75) is 0 Å². The summed E-state index contributed by atoms with van der Waals surface area (Å²) in [7, 11) is 0. The summed E-state index contributed by atoms with van der Waals surface area (Å²) in [6, 6.07) is 12.1. The molecule has 0 spiro atoms. The van der Waals surface area contributed by atoms with Crippen molar-refractivity contribution in [3.8, 4) is 16.2 Å². The van der Waals surface area contributed by atoms with Crippen molar-refractivity contribution >= 4 is 48.8 Å². The molecule has 0 unspecified atom stereocenters. The van der Waals surface area contributed by atoms with Crippen molar-refractivity contribution < 1.29 is 17.1 Å². The molecular weight excluding hydrogens is 416 g/mol. The van der Waals surface area contributed by atoms with Gasteiger partial charge >= 0.3 is 17.1 Å². The first-order valence-corrected chi connectivity index (χ1v) is 5.83. The van der Waals surface area contributed by atoms with Gasteiger partial charge in [-0.3, -0.25) is 4.98 Å². The monoisotopic (exact) mass is 431 g/mol. The second-order valence-electron chi connectivity index (χ2n) is 2.48. The van der Waals surface area contributed by atoms with Crippen molar-refractivity contribution in [2.75, 3.05) is 0 Å². The second kappa shape index (κ2) is 37.5. The summed E-state index contributed by atoms with van der Waals surface area (Å²) in [5, 5.41) is 26.8. The molecule has 0 aliphatic rings. The number of rotatable bonds is 0. The topological polar surface area (TPSA) is 218 Å². The van der Waals surface area contributed by atoms with E-state index < -0.39 is 0 Å². The fraction of sp³-hybridized carbons (Fsp3) is 0. The van der Waals surface area contributed by atoms with Crippen LogP contribution in [-0.2, 0) is 42.3 Å². The van der Waals surface area contributed by atoms with Crippen LogP contribution >= 0.6 is 12.6 Å². The predicted octanol–water partition coefficient (Wildman–Crippen LogP) is 5.53. The molecule has 8 N–H and O–H groups in total. The molecule has 1 heterocycles. The summed E-state index contributed by atoms with van der Waals surface area (Å²) in [6.45, 7) is 0. The zero-order valence-electron chi connectivity index (χ0n) is 12.2. The van der Waals surface area contributed by atoms with Gasteiger partial charge in [-0.25, -0.2) is 10.5 Å². The Morgan fingerprint density at radius 3 is 1.54 bits per heavy atom. The SMILES string of the molecule is N#CS.N#C[S-].N#C[S-].[Cu+2].[NH2-].[NH2-].[NH2-].[NH2-].c1ccc2ncccc2c1. The van der Waals surface area contributed by atoms with Gasteiger partial charge in [-0.05, 0) is 12.1 Å². The van der Waals surface area contributed by atoms with Gasteiger partial charge in [0.1, 0.15) is 5.40 Å². The minimum Gasteiger partial charge on any atom is -0.696 e. The summed E-state index contributed by atoms with van der Waals surface area (Å²) in [5.41, 5.74) is 1.06. The number of para-hydroxylation sites is 1. The summed E-state index contributed by atoms with van der Waals surface area (Å²) in [6.07, 6.45) is 1.81. The van der Waals surface area contributed by atoms with E-state index in [2.05, 4.69) is 55.0 Å². The third-order valence-corrected chi connectivity index (χ3v) is 1.51. The molecule has 2 rings (SSSR count). The van der Waals surface area contributed by atoms with Gasteiger partial charge in [0.05, 0.1) is 5.52 Å². The molecular formula is C12H16CuN8S3-4. The Labute approximate surface area is 169 Å². The van der Waals surface area contributed by atoms with Gasteiger partial charge in [-0.15, -0.1) is 0 Å². The number of aromatic nitrogens is 1. The van der Waals surface area contributed by atoms with Crippen molar-refractivity contribution in [1.82, 2.24) is 4.98 Å². The molecule has 12 heteroatoms. The number of nitriles is 3. The molecule has 0 aliphatic heterocycles. The quantitative estimate of drug-likeness (QED) is 0.244. The Morgan fingerprint density at radius 2 is 1.17 bits per heavy atom. The van der Waals surface area contributed by atoms with E-state index in [0.29, 0.717) is 0 Å². The van der Waals surface area contributed by atoms with E-state index in [0.717, 1.165) is 5.52 Å². The standard InChI is InChI=1S/C9H7N.3CHNS.Cu.4H2N/c1-2-6-9-8(4-1)5-3-7-10-9;3*2-1-3;;;;;/h1-7H;3*3H;;4*1H2/q;;;;+2;4*-1/p-2. The Bertz CT molecular complexity index is 501. The van der Waals surface area contributed by atoms with Gasteiger partial charge in [-0.2, -0.15) is 5.26 Å². The molecule has 24 heavy (non-hydrogen) atoms. The summed E-state index contributed by atoms with van der Waals surface area (Å²) in [5.74, 6) is 0. The number of hydrogen-bond acceptors (Lipinski definition) is 7. The molecule has 2 aromatic rings. The van der Waals surface area contributed by atoms with E-state index in [4.69, 9.17) is 15.8 Å². The van der Waals surface area contributed by atoms with Crippen LogP contribution in [0.2, 0.25) is 0 Å². The number of nitrogens with two attached hydrogens (primary N) is 4. The van der Waals surface area contributed by atoms with Crippen LogP contribution in [0.1, 0.15) is 0 Å². The number of benzene rings is 1. The van der Waals surface area contributed by atoms with Gasteiger partial charge in [0, 0.05) is 11.6 Å². The molecule has 8 nitrogen and oxygen atoms in total. The molecule has 0 bridgehead atoms. The minimum absolute atomic E-state index is 0. The Morgan fingerprint density at radius 1 is 0.833 bits per heavy atom. The van der Waals surface area contributed by atoms with Crippen LogP contribution in [0, 0.1) is 32.0 Å². The largest absolute Gasteiger partial charge is 2.00 e. The van der Waals surface area contributed by atoms with Crippen LogP contribution in [0.25, 0.3) is 35.5 Å². The molecule has 0 saturated carbocycles. The van der Waals surface area contributed by atoms with E-state index in [-0.39, 0.29) is 41.7 Å². The van der Waals surface area contributed by atoms with Crippen LogP contribution in [0.4, 0.5) is 0 Å². The predicted molar refractivity (Wildman–Crippen MR) is 103 cm³/mol. The maximum absolute atomic E-state index is 7.18. The number of nitrogens with zero attached hydrogens (tertiary/aromatic N) is 4. The molecule has 0 amide bonds. The maximum Gasteiger partial charge on any atom is 2.00 e. The first-order valence-electron chi connectivity index (χ1n) is 4.57. The van der Waals surface area contributed by atoms with E-state index in [1.165, 1.54) is 21.6 Å². The van der Waals surface area contributed by atoms with E-state index >= 15 is 0 Å². The molecule has 0 saturated heterocycles. The minimum atomic E-state index is 0. The number of hydrogen-bond donors (Lipinski definition) is 1. The Kier molecular flexibility index (Phi) is 67.4. The normalized spacial score (nSPS) is 5.08. The van der Waals surface area contributed by atoms with Crippen molar-refractivity contribution in [3.63, 3.8) is 0 Å². The zero-order chi connectivity index (χ0) is 14.9. The fourth-order valence-electron chi connectivity index (χ4n) is 1.02. The summed E-state index contributed by atoms with van der Waals surface area (Å²) >= 11 is 10.5. The van der Waals surface area contributed by atoms with Crippen molar-refractivity contribution in [2.24, 2.45) is 0 Å². The number of fused-ring (bicyclic) bond motifs is 1. The Hall–Kier alpha value is -1.75. The average Bonchev–Trinajstić information content (AvgIpc) is 2.42. The number of pyridine rings is 1. The van der Waals surface area contributed by atoms with E-state index in [1.807, 2.05) is 30.5 Å². The van der Waals surface area contributed by atoms with Crippen molar-refractivity contribution in [3.05, 3.63) is 67.2 Å². The summed E-state index contributed by atoms with van der Waals surface area (Å²) < 4.78 is 0. The summed E-state index contributed by atoms with van der Waals surface area (Å²) in [4.78, 5) is 4.18. The first-order chi connectivity index (χ1) is 9.21. The molecule has 0 atom stereocenters. The van der Waals surface area contributed by atoms with Crippen LogP contribution in [0.15, 0.2) is 42.6 Å². The molecule has 137 valence electrons. The van der Waals surface area contributed by atoms with Crippen LogP contribution in [0.5, 0.6) is 0 Å². The van der Waals surface area contributed by atoms with Crippen molar-refractivity contribution in [1.29, 1.82) is 15.8 Å². The average molecular weight is 432 g/mol. The van der Waals surface area contributed by atoms with Gasteiger partial charge in [0.15, 0.2) is 0 Å². The van der Waals surface area contributed by atoms with Gasteiger partial charge < -0.3 is 49.9 Å². The maximum atomic E-state index is 7.18. The number of thiocyanates is 3. The fourth-order valence-corrected chi connectivity index (χ4v) is 1.02. The zero-order valence-corrected chi connectivity index (χ0v) is 15.7. The van der Waals surface area contributed by atoms with E-state index in [9.17, 15) is 0 Å². The van der Waals surface area contributed by atoms with Crippen LogP contribution < -0.4 is 0 Å². The van der Waals surface area contributed by atoms with Crippen LogP contribution in [-0.4, -0.2) is 4.98 Å². The molecule has 1 aromatic carbocycles.